The number of imidazole rings is 1. The number of aromatic nitrogens is 3. The van der Waals surface area contributed by atoms with E-state index in [1.165, 1.54) is 13.3 Å². The van der Waals surface area contributed by atoms with Gasteiger partial charge in [0.25, 0.3) is 5.91 Å². The topological polar surface area (TPSA) is 81.1 Å². The molecule has 3 aromatic heterocycles. The zero-order valence-electron chi connectivity index (χ0n) is 19.2. The first kappa shape index (κ1) is 25.3. The number of ether oxygens (including phenoxy) is 1. The van der Waals surface area contributed by atoms with Crippen molar-refractivity contribution in [2.75, 3.05) is 17.7 Å². The molecule has 4 rings (SSSR count). The van der Waals surface area contributed by atoms with E-state index in [4.69, 9.17) is 39.5 Å². The van der Waals surface area contributed by atoms with Crippen LogP contribution in [0.4, 0.5) is 11.5 Å². The molecule has 2 N–H and O–H groups in total. The Balaban J connectivity index is 1.57. The molecule has 1 amide bonds. The van der Waals surface area contributed by atoms with Crippen molar-refractivity contribution < 1.29 is 9.53 Å². The highest BCUT2D eigenvalue weighted by Crippen LogP contribution is 2.35. The second-order valence-corrected chi connectivity index (χ2v) is 9.95. The van der Waals surface area contributed by atoms with E-state index in [0.717, 1.165) is 22.0 Å². The zero-order valence-corrected chi connectivity index (χ0v) is 22.2. The summed E-state index contributed by atoms with van der Waals surface area (Å²) in [5.41, 5.74) is 2.88. The Morgan fingerprint density at radius 1 is 1.11 bits per heavy atom. The first-order valence-corrected chi connectivity index (χ1v) is 12.6. The second kappa shape index (κ2) is 10.9. The molecule has 0 aliphatic heterocycles. The minimum atomic E-state index is -0.396. The number of hydrogen-bond donors (Lipinski definition) is 2. The molecule has 7 nitrogen and oxygen atoms in total. The predicted octanol–water partition coefficient (Wildman–Crippen LogP) is 6.84. The van der Waals surface area contributed by atoms with Crippen molar-refractivity contribution in [1.82, 2.24) is 14.5 Å². The molecule has 11 heteroatoms. The van der Waals surface area contributed by atoms with Crippen LogP contribution in [0.25, 0.3) is 0 Å². The van der Waals surface area contributed by atoms with E-state index in [1.807, 2.05) is 25.4 Å². The van der Waals surface area contributed by atoms with Crippen molar-refractivity contribution in [3.8, 4) is 5.75 Å². The highest BCUT2D eigenvalue weighted by Gasteiger charge is 2.20. The van der Waals surface area contributed by atoms with Gasteiger partial charge in [0, 0.05) is 39.6 Å². The number of halogens is 3. The molecule has 0 bridgehead atoms. The number of anilines is 2. The lowest BCUT2D eigenvalue weighted by molar-refractivity contribution is 0.102. The lowest BCUT2D eigenvalue weighted by atomic mass is 10.1. The van der Waals surface area contributed by atoms with Crippen molar-refractivity contribution in [2.45, 2.75) is 26.9 Å². The minimum Gasteiger partial charge on any atom is -0.495 e. The number of nitrogens with one attached hydrogen (secondary N) is 2. The molecule has 0 aliphatic carbocycles. The molecule has 35 heavy (non-hydrogen) atoms. The van der Waals surface area contributed by atoms with Gasteiger partial charge in [-0.25, -0.2) is 9.97 Å². The largest absolute Gasteiger partial charge is 0.495 e. The molecule has 0 atom stereocenters. The number of carbonyl (C=O) groups excluding carboxylic acids is 1. The number of thiophene rings is 1. The van der Waals surface area contributed by atoms with Crippen molar-refractivity contribution in [3.63, 3.8) is 0 Å². The van der Waals surface area contributed by atoms with E-state index in [0.29, 0.717) is 51.0 Å². The van der Waals surface area contributed by atoms with Gasteiger partial charge in [-0.05, 0) is 37.4 Å². The number of nitrogens with zero attached hydrogens (tertiary/aromatic N) is 3. The van der Waals surface area contributed by atoms with Crippen molar-refractivity contribution in [2.24, 2.45) is 0 Å². The van der Waals surface area contributed by atoms with Gasteiger partial charge in [-0.1, -0.05) is 34.8 Å². The zero-order chi connectivity index (χ0) is 25.1. The van der Waals surface area contributed by atoms with E-state index < -0.39 is 5.91 Å². The summed E-state index contributed by atoms with van der Waals surface area (Å²) in [6.45, 7) is 5.01. The summed E-state index contributed by atoms with van der Waals surface area (Å²) in [6.07, 6.45) is 3.30. The monoisotopic (exact) mass is 549 g/mol. The number of amides is 1. The molecule has 1 aromatic carbocycles. The first-order valence-electron chi connectivity index (χ1n) is 10.5. The van der Waals surface area contributed by atoms with Gasteiger partial charge >= 0.3 is 0 Å². The Hall–Kier alpha value is -2.78. The molecular weight excluding hydrogens is 529 g/mol. The fourth-order valence-electron chi connectivity index (χ4n) is 3.55. The molecule has 0 saturated carbocycles. The molecule has 0 saturated heterocycles. The average molecular weight is 551 g/mol. The highest BCUT2D eigenvalue weighted by molar-refractivity contribution is 7.10. The van der Waals surface area contributed by atoms with Crippen LogP contribution in [0.1, 0.15) is 32.3 Å². The van der Waals surface area contributed by atoms with Crippen LogP contribution in [0.2, 0.25) is 15.1 Å². The maximum Gasteiger partial charge on any atom is 0.259 e. The van der Waals surface area contributed by atoms with Gasteiger partial charge in [0.15, 0.2) is 0 Å². The molecule has 0 spiro atoms. The van der Waals surface area contributed by atoms with E-state index in [1.54, 1.807) is 35.6 Å². The molecule has 4 aromatic rings. The van der Waals surface area contributed by atoms with Gasteiger partial charge in [-0.15, -0.1) is 11.3 Å². The summed E-state index contributed by atoms with van der Waals surface area (Å²) >= 11 is 20.4. The predicted molar refractivity (Wildman–Crippen MR) is 143 cm³/mol. The van der Waals surface area contributed by atoms with E-state index in [2.05, 4.69) is 25.2 Å². The summed E-state index contributed by atoms with van der Waals surface area (Å²) < 4.78 is 7.62. The number of rotatable bonds is 8. The Morgan fingerprint density at radius 2 is 1.91 bits per heavy atom. The van der Waals surface area contributed by atoms with Gasteiger partial charge in [0.2, 0.25) is 0 Å². The second-order valence-electron chi connectivity index (χ2n) is 7.73. The SMILES string of the molecule is COc1cc(Cl)cc(C(=O)Nc2ccc(Cl)cn2)c1NCc1scc(Cn2c(C)cnc2C)c1Cl. The maximum atomic E-state index is 13.1. The van der Waals surface area contributed by atoms with E-state index in [-0.39, 0.29) is 0 Å². The first-order chi connectivity index (χ1) is 16.8. The lowest BCUT2D eigenvalue weighted by Crippen LogP contribution is -2.16. The molecule has 3 heterocycles. The molecule has 0 fully saturated rings. The fourth-order valence-corrected chi connectivity index (χ4v) is 5.11. The van der Waals surface area contributed by atoms with Gasteiger partial charge in [-0.2, -0.15) is 0 Å². The van der Waals surface area contributed by atoms with Gasteiger partial charge < -0.3 is 19.9 Å². The van der Waals surface area contributed by atoms with Crippen molar-refractivity contribution in [3.05, 3.63) is 84.6 Å². The summed E-state index contributed by atoms with van der Waals surface area (Å²) in [6, 6.07) is 6.48. The quantitative estimate of drug-likeness (QED) is 0.251. The lowest BCUT2D eigenvalue weighted by Gasteiger charge is -2.16. The Labute approximate surface area is 222 Å². The van der Waals surface area contributed by atoms with E-state index in [9.17, 15) is 4.79 Å². The van der Waals surface area contributed by atoms with Crippen LogP contribution in [0.15, 0.2) is 42.0 Å². The smallest absolute Gasteiger partial charge is 0.259 e. The summed E-state index contributed by atoms with van der Waals surface area (Å²) in [5, 5.41) is 9.62. The summed E-state index contributed by atoms with van der Waals surface area (Å²) in [5.74, 6) is 1.33. The number of carbonyl (C=O) groups is 1. The number of methoxy groups -OCH3 is 1. The van der Waals surface area contributed by atoms with Crippen LogP contribution in [-0.4, -0.2) is 27.6 Å². The number of aryl methyl sites for hydroxylation is 2. The Kier molecular flexibility index (Phi) is 7.86. The number of hydrogen-bond acceptors (Lipinski definition) is 6. The number of pyridine rings is 1. The summed E-state index contributed by atoms with van der Waals surface area (Å²) in [4.78, 5) is 22.5. The fraction of sp³-hybridized carbons (Fsp3) is 0.208. The highest BCUT2D eigenvalue weighted by atomic mass is 35.5. The van der Waals surface area contributed by atoms with Gasteiger partial charge in [0.05, 0.1) is 41.5 Å². The van der Waals surface area contributed by atoms with Crippen LogP contribution in [0.5, 0.6) is 5.75 Å². The molecule has 182 valence electrons. The minimum absolute atomic E-state index is 0.309. The van der Waals surface area contributed by atoms with Crippen LogP contribution in [0, 0.1) is 13.8 Å². The third kappa shape index (κ3) is 5.73. The third-order valence-corrected chi connectivity index (χ3v) is 7.44. The van der Waals surface area contributed by atoms with Gasteiger partial charge in [0.1, 0.15) is 17.4 Å². The molecule has 0 unspecified atom stereocenters. The van der Waals surface area contributed by atoms with Crippen LogP contribution in [-0.2, 0) is 13.1 Å². The van der Waals surface area contributed by atoms with Crippen LogP contribution in [0.3, 0.4) is 0 Å². The van der Waals surface area contributed by atoms with Crippen LogP contribution >= 0.6 is 46.1 Å². The molecule has 0 radical (unpaired) electrons. The normalized spacial score (nSPS) is 10.9. The van der Waals surface area contributed by atoms with Crippen molar-refractivity contribution >= 4 is 63.6 Å². The molecule has 0 aliphatic rings. The Morgan fingerprint density at radius 3 is 2.57 bits per heavy atom. The van der Waals surface area contributed by atoms with Crippen LogP contribution < -0.4 is 15.4 Å². The maximum absolute atomic E-state index is 13.1. The third-order valence-electron chi connectivity index (χ3n) is 5.38. The number of benzene rings is 1. The van der Waals surface area contributed by atoms with Gasteiger partial charge in [-0.3, -0.25) is 4.79 Å². The Bertz CT molecular complexity index is 1350. The standard InChI is InChI=1S/C24H22Cl3N5O2S/c1-13-8-28-14(2)32(13)11-15-12-35-20(22(15)27)10-30-23-18(6-17(26)7-19(23)34-3)24(33)31-21-5-4-16(25)9-29-21/h4-9,12,30H,10-11H2,1-3H3,(H,29,31,33). The van der Waals surface area contributed by atoms with Crippen molar-refractivity contribution in [1.29, 1.82) is 0 Å². The summed E-state index contributed by atoms with van der Waals surface area (Å²) in [7, 11) is 1.52. The van der Waals surface area contributed by atoms with E-state index >= 15 is 0 Å². The average Bonchev–Trinajstić information content (AvgIpc) is 3.35. The molecular formula is C24H22Cl3N5O2S.